The molecule has 6 heteroatoms. The van der Waals surface area contributed by atoms with E-state index in [1.165, 1.54) is 7.11 Å². The summed E-state index contributed by atoms with van der Waals surface area (Å²) in [6.45, 7) is 2.19. The van der Waals surface area contributed by atoms with Crippen molar-refractivity contribution in [3.05, 3.63) is 23.8 Å². The van der Waals surface area contributed by atoms with Crippen molar-refractivity contribution in [1.82, 2.24) is 0 Å². The molecule has 0 aromatic heterocycles. The van der Waals surface area contributed by atoms with Crippen LogP contribution in [-0.2, 0) is 9.53 Å². The molecule has 0 aliphatic heterocycles. The van der Waals surface area contributed by atoms with Crippen LogP contribution in [0.15, 0.2) is 18.2 Å². The Morgan fingerprint density at radius 2 is 2.30 bits per heavy atom. The second-order valence-corrected chi connectivity index (χ2v) is 4.07. The molecule has 0 amide bonds. The van der Waals surface area contributed by atoms with E-state index in [2.05, 4.69) is 5.32 Å². The first-order chi connectivity index (χ1) is 9.60. The Balaban J connectivity index is 2.57. The Labute approximate surface area is 117 Å². The fraction of sp³-hybridized carbons (Fsp3) is 0.429. The first-order valence-electron chi connectivity index (χ1n) is 6.26. The molecule has 0 fully saturated rings. The fourth-order valence-electron chi connectivity index (χ4n) is 1.62. The number of aliphatic hydroxyl groups excluding tert-OH is 1. The lowest BCUT2D eigenvalue weighted by Crippen LogP contribution is -2.24. The molecule has 0 saturated carbocycles. The van der Waals surface area contributed by atoms with Gasteiger partial charge in [0, 0.05) is 12.6 Å². The molecule has 0 spiro atoms. The SMILES string of the molecule is CCOC(=O)CC(O)CNc1ccc(C#N)cc1OC. The van der Waals surface area contributed by atoms with E-state index in [9.17, 15) is 9.90 Å². The van der Waals surface area contributed by atoms with Gasteiger partial charge < -0.3 is 19.9 Å². The molecule has 20 heavy (non-hydrogen) atoms. The van der Waals surface area contributed by atoms with Crippen molar-refractivity contribution in [3.63, 3.8) is 0 Å². The summed E-state index contributed by atoms with van der Waals surface area (Å²) in [5.41, 5.74) is 1.13. The average Bonchev–Trinajstić information content (AvgIpc) is 2.45. The van der Waals surface area contributed by atoms with Crippen LogP contribution in [0.25, 0.3) is 0 Å². The van der Waals surface area contributed by atoms with Crippen molar-refractivity contribution in [1.29, 1.82) is 5.26 Å². The molecule has 0 saturated heterocycles. The molecule has 1 rings (SSSR count). The molecule has 0 heterocycles. The van der Waals surface area contributed by atoms with E-state index in [1.807, 2.05) is 6.07 Å². The number of nitrogens with zero attached hydrogens (tertiary/aromatic N) is 1. The van der Waals surface area contributed by atoms with Crippen LogP contribution < -0.4 is 10.1 Å². The van der Waals surface area contributed by atoms with Crippen LogP contribution in [0, 0.1) is 11.3 Å². The lowest BCUT2D eigenvalue weighted by Gasteiger charge is -2.14. The number of methoxy groups -OCH3 is 1. The highest BCUT2D eigenvalue weighted by atomic mass is 16.5. The van der Waals surface area contributed by atoms with E-state index in [-0.39, 0.29) is 13.0 Å². The maximum Gasteiger partial charge on any atom is 0.308 e. The predicted octanol–water partition coefficient (Wildman–Crippen LogP) is 1.29. The highest BCUT2D eigenvalue weighted by Crippen LogP contribution is 2.25. The van der Waals surface area contributed by atoms with Gasteiger partial charge in [-0.15, -0.1) is 0 Å². The van der Waals surface area contributed by atoms with Gasteiger partial charge in [0.1, 0.15) is 5.75 Å². The number of benzene rings is 1. The minimum Gasteiger partial charge on any atom is -0.495 e. The highest BCUT2D eigenvalue weighted by molar-refractivity contribution is 5.70. The minimum absolute atomic E-state index is 0.0700. The van der Waals surface area contributed by atoms with Gasteiger partial charge in [-0.25, -0.2) is 0 Å². The van der Waals surface area contributed by atoms with Gasteiger partial charge in [-0.1, -0.05) is 0 Å². The molecule has 1 unspecified atom stereocenters. The second kappa shape index (κ2) is 8.02. The Bertz CT molecular complexity index is 496. The third-order valence-electron chi connectivity index (χ3n) is 2.57. The summed E-state index contributed by atoms with van der Waals surface area (Å²) in [7, 11) is 1.50. The Morgan fingerprint density at radius 3 is 2.90 bits per heavy atom. The zero-order valence-electron chi connectivity index (χ0n) is 11.5. The zero-order valence-corrected chi connectivity index (χ0v) is 11.5. The molecule has 0 aliphatic carbocycles. The number of nitrogens with one attached hydrogen (secondary N) is 1. The van der Waals surface area contributed by atoms with Gasteiger partial charge in [0.05, 0.1) is 43.6 Å². The summed E-state index contributed by atoms with van der Waals surface area (Å²) in [5.74, 6) is 0.0704. The Morgan fingerprint density at radius 1 is 1.55 bits per heavy atom. The largest absolute Gasteiger partial charge is 0.495 e. The van der Waals surface area contributed by atoms with Gasteiger partial charge in [0.15, 0.2) is 0 Å². The van der Waals surface area contributed by atoms with Gasteiger partial charge in [0.25, 0.3) is 0 Å². The van der Waals surface area contributed by atoms with E-state index in [4.69, 9.17) is 14.7 Å². The predicted molar refractivity (Wildman–Crippen MR) is 73.5 cm³/mol. The zero-order chi connectivity index (χ0) is 15.0. The first kappa shape index (κ1) is 15.8. The second-order valence-electron chi connectivity index (χ2n) is 4.07. The van der Waals surface area contributed by atoms with E-state index >= 15 is 0 Å². The molecule has 1 atom stereocenters. The highest BCUT2D eigenvalue weighted by Gasteiger charge is 2.12. The van der Waals surface area contributed by atoms with E-state index in [0.29, 0.717) is 23.6 Å². The molecular formula is C14H18N2O4. The van der Waals surface area contributed by atoms with Crippen molar-refractivity contribution in [2.24, 2.45) is 0 Å². The summed E-state index contributed by atoms with van der Waals surface area (Å²) >= 11 is 0. The van der Waals surface area contributed by atoms with E-state index < -0.39 is 12.1 Å². The molecule has 0 radical (unpaired) electrons. The van der Waals surface area contributed by atoms with E-state index in [0.717, 1.165) is 0 Å². The summed E-state index contributed by atoms with van der Waals surface area (Å²) in [5, 5.41) is 21.5. The number of anilines is 1. The number of nitriles is 1. The molecule has 1 aromatic rings. The Kier molecular flexibility index (Phi) is 6.33. The lowest BCUT2D eigenvalue weighted by molar-refractivity contribution is -0.145. The number of carbonyl (C=O) groups excluding carboxylic acids is 1. The number of aliphatic hydroxyl groups is 1. The Hall–Kier alpha value is -2.26. The van der Waals surface area contributed by atoms with Crippen molar-refractivity contribution < 1.29 is 19.4 Å². The van der Waals surface area contributed by atoms with Gasteiger partial charge in [-0.3, -0.25) is 4.79 Å². The van der Waals surface area contributed by atoms with Gasteiger partial charge >= 0.3 is 5.97 Å². The van der Waals surface area contributed by atoms with Gasteiger partial charge in [-0.2, -0.15) is 5.26 Å². The van der Waals surface area contributed by atoms with Gasteiger partial charge in [-0.05, 0) is 19.1 Å². The van der Waals surface area contributed by atoms with Crippen LogP contribution >= 0.6 is 0 Å². The maximum absolute atomic E-state index is 11.2. The smallest absolute Gasteiger partial charge is 0.308 e. The lowest BCUT2D eigenvalue weighted by atomic mass is 10.2. The number of rotatable bonds is 7. The monoisotopic (exact) mass is 278 g/mol. The number of hydrogen-bond acceptors (Lipinski definition) is 6. The third kappa shape index (κ3) is 4.78. The third-order valence-corrected chi connectivity index (χ3v) is 2.57. The summed E-state index contributed by atoms with van der Waals surface area (Å²) in [4.78, 5) is 11.2. The summed E-state index contributed by atoms with van der Waals surface area (Å²) in [6.07, 6.45) is -0.922. The fourth-order valence-corrected chi connectivity index (χ4v) is 1.62. The minimum atomic E-state index is -0.852. The van der Waals surface area contributed by atoms with E-state index in [1.54, 1.807) is 25.1 Å². The summed E-state index contributed by atoms with van der Waals surface area (Å²) < 4.78 is 9.91. The number of ether oxygens (including phenoxy) is 2. The van der Waals surface area contributed by atoms with Crippen molar-refractivity contribution in [3.8, 4) is 11.8 Å². The van der Waals surface area contributed by atoms with Crippen LogP contribution in [0.4, 0.5) is 5.69 Å². The van der Waals surface area contributed by atoms with Crippen LogP contribution in [0.2, 0.25) is 0 Å². The molecule has 108 valence electrons. The van der Waals surface area contributed by atoms with Crippen molar-refractivity contribution >= 4 is 11.7 Å². The first-order valence-corrected chi connectivity index (χ1v) is 6.26. The number of carbonyl (C=O) groups is 1. The van der Waals surface area contributed by atoms with Crippen LogP contribution in [0.1, 0.15) is 18.9 Å². The molecule has 0 bridgehead atoms. The molecule has 0 aliphatic rings. The van der Waals surface area contributed by atoms with Crippen molar-refractivity contribution in [2.45, 2.75) is 19.4 Å². The number of esters is 1. The molecular weight excluding hydrogens is 260 g/mol. The molecule has 1 aromatic carbocycles. The maximum atomic E-state index is 11.2. The van der Waals surface area contributed by atoms with Gasteiger partial charge in [0.2, 0.25) is 0 Å². The average molecular weight is 278 g/mol. The van der Waals surface area contributed by atoms with Crippen LogP contribution in [0.3, 0.4) is 0 Å². The number of hydrogen-bond donors (Lipinski definition) is 2. The normalized spacial score (nSPS) is 11.3. The molecule has 6 nitrogen and oxygen atoms in total. The topological polar surface area (TPSA) is 91.6 Å². The standard InChI is InChI=1S/C14H18N2O4/c1-3-20-14(18)7-11(17)9-16-12-5-4-10(8-15)6-13(12)19-2/h4-6,11,16-17H,3,7,9H2,1-2H3. The summed E-state index contributed by atoms with van der Waals surface area (Å²) in [6, 6.07) is 6.94. The van der Waals surface area contributed by atoms with Crippen molar-refractivity contribution in [2.75, 3.05) is 25.6 Å². The van der Waals surface area contributed by atoms with Crippen LogP contribution in [-0.4, -0.2) is 37.4 Å². The molecule has 2 N–H and O–H groups in total. The van der Waals surface area contributed by atoms with Crippen LogP contribution in [0.5, 0.6) is 5.75 Å². The quantitative estimate of drug-likeness (QED) is 0.730.